The number of nitriles is 1. The van der Waals surface area contributed by atoms with Crippen molar-refractivity contribution in [2.24, 2.45) is 0 Å². The molecule has 2 aromatic carbocycles. The van der Waals surface area contributed by atoms with E-state index >= 15 is 0 Å². The Morgan fingerprint density at radius 1 is 1.10 bits per heavy atom. The average Bonchev–Trinajstić information content (AvgIpc) is 2.79. The number of amides is 1. The Morgan fingerprint density at radius 2 is 1.77 bits per heavy atom. The lowest BCUT2D eigenvalue weighted by molar-refractivity contribution is -0.118. The minimum Gasteiger partial charge on any atom is -0.493 e. The van der Waals surface area contributed by atoms with Gasteiger partial charge in [0.1, 0.15) is 19.3 Å². The minimum atomic E-state index is -0.868. The van der Waals surface area contributed by atoms with Crippen LogP contribution in [0.5, 0.6) is 28.7 Å². The van der Waals surface area contributed by atoms with Crippen molar-refractivity contribution in [1.82, 2.24) is 5.32 Å². The SMILES string of the molecule is COc1cc(C(C#N)NC(=O)CSc2ccc3c(c2)OCCO3)cc(OC)c1OC. The van der Waals surface area contributed by atoms with Gasteiger partial charge in [0.15, 0.2) is 23.0 Å². The van der Waals surface area contributed by atoms with Crippen molar-refractivity contribution in [3.8, 4) is 34.8 Å². The van der Waals surface area contributed by atoms with Crippen molar-refractivity contribution in [2.45, 2.75) is 10.9 Å². The Hall–Kier alpha value is -3.25. The van der Waals surface area contributed by atoms with Crippen molar-refractivity contribution < 1.29 is 28.5 Å². The molecule has 1 unspecified atom stereocenters. The molecule has 0 bridgehead atoms. The lowest BCUT2D eigenvalue weighted by Gasteiger charge is -2.19. The van der Waals surface area contributed by atoms with E-state index in [1.54, 1.807) is 12.1 Å². The van der Waals surface area contributed by atoms with E-state index in [4.69, 9.17) is 23.7 Å². The number of nitrogens with one attached hydrogen (secondary N) is 1. The van der Waals surface area contributed by atoms with E-state index in [1.165, 1.54) is 33.1 Å². The first-order chi connectivity index (χ1) is 14.6. The van der Waals surface area contributed by atoms with Crippen molar-refractivity contribution in [1.29, 1.82) is 5.26 Å². The Morgan fingerprint density at radius 3 is 2.37 bits per heavy atom. The lowest BCUT2D eigenvalue weighted by Crippen LogP contribution is -2.29. The van der Waals surface area contributed by atoms with Crippen LogP contribution >= 0.6 is 11.8 Å². The van der Waals surface area contributed by atoms with Gasteiger partial charge in [0.25, 0.3) is 0 Å². The van der Waals surface area contributed by atoms with Crippen LogP contribution in [0.3, 0.4) is 0 Å². The Balaban J connectivity index is 1.67. The fourth-order valence-electron chi connectivity index (χ4n) is 2.92. The van der Waals surface area contributed by atoms with E-state index < -0.39 is 6.04 Å². The third-order valence-corrected chi connectivity index (χ3v) is 5.33. The summed E-state index contributed by atoms with van der Waals surface area (Å²) in [5.74, 6) is 2.46. The van der Waals surface area contributed by atoms with E-state index in [-0.39, 0.29) is 11.7 Å². The quantitative estimate of drug-likeness (QED) is 0.638. The molecule has 9 heteroatoms. The molecule has 1 heterocycles. The Labute approximate surface area is 179 Å². The standard InChI is InChI=1S/C21H22N2O6S/c1-25-18-8-13(9-19(26-2)21(18)27-3)15(11-22)23-20(24)12-30-14-4-5-16-17(10-14)29-7-6-28-16/h4-5,8-10,15H,6-7,12H2,1-3H3,(H,23,24). The highest BCUT2D eigenvalue weighted by Crippen LogP contribution is 2.39. The highest BCUT2D eigenvalue weighted by Gasteiger charge is 2.20. The summed E-state index contributed by atoms with van der Waals surface area (Å²) in [5.41, 5.74) is 0.532. The third-order valence-electron chi connectivity index (χ3n) is 4.34. The third kappa shape index (κ3) is 4.83. The number of fused-ring (bicyclic) bond motifs is 1. The summed E-state index contributed by atoms with van der Waals surface area (Å²) in [5, 5.41) is 12.3. The molecule has 1 aliphatic heterocycles. The monoisotopic (exact) mass is 430 g/mol. The second kappa shape index (κ2) is 9.98. The molecule has 2 aromatic rings. The second-order valence-electron chi connectivity index (χ2n) is 6.18. The fourth-order valence-corrected chi connectivity index (χ4v) is 3.66. The molecule has 8 nitrogen and oxygen atoms in total. The number of methoxy groups -OCH3 is 3. The number of rotatable bonds is 8. The summed E-state index contributed by atoms with van der Waals surface area (Å²) in [6, 6.07) is 10.0. The maximum Gasteiger partial charge on any atom is 0.231 e. The predicted octanol–water partition coefficient (Wildman–Crippen LogP) is 2.96. The Kier molecular flexibility index (Phi) is 7.14. The molecule has 0 fully saturated rings. The number of ether oxygens (including phenoxy) is 5. The number of hydrogen-bond acceptors (Lipinski definition) is 8. The van der Waals surface area contributed by atoms with Gasteiger partial charge in [-0.25, -0.2) is 0 Å². The number of carbonyl (C=O) groups is 1. The van der Waals surface area contributed by atoms with Crippen molar-refractivity contribution in [2.75, 3.05) is 40.3 Å². The first-order valence-corrected chi connectivity index (χ1v) is 10.1. The van der Waals surface area contributed by atoms with Crippen LogP contribution in [0, 0.1) is 11.3 Å². The van der Waals surface area contributed by atoms with Crippen LogP contribution in [-0.2, 0) is 4.79 Å². The number of hydrogen-bond donors (Lipinski definition) is 1. The molecule has 1 amide bonds. The topological polar surface area (TPSA) is 99.0 Å². The number of nitrogens with zero attached hydrogens (tertiary/aromatic N) is 1. The maximum atomic E-state index is 12.5. The second-order valence-corrected chi connectivity index (χ2v) is 7.23. The van der Waals surface area contributed by atoms with Crippen LogP contribution in [0.2, 0.25) is 0 Å². The average molecular weight is 430 g/mol. The summed E-state index contributed by atoms with van der Waals surface area (Å²) < 4.78 is 27.0. The molecular formula is C21H22N2O6S. The first kappa shape index (κ1) is 21.5. The zero-order chi connectivity index (χ0) is 21.5. The maximum absolute atomic E-state index is 12.5. The van der Waals surface area contributed by atoms with Crippen LogP contribution in [0.15, 0.2) is 35.2 Å². The number of carbonyl (C=O) groups excluding carboxylic acids is 1. The van der Waals surface area contributed by atoms with Gasteiger partial charge in [0.2, 0.25) is 11.7 Å². The zero-order valence-corrected chi connectivity index (χ0v) is 17.7. The molecule has 30 heavy (non-hydrogen) atoms. The van der Waals surface area contributed by atoms with Gasteiger partial charge in [-0.15, -0.1) is 11.8 Å². The van der Waals surface area contributed by atoms with Crippen molar-refractivity contribution in [3.05, 3.63) is 35.9 Å². The van der Waals surface area contributed by atoms with Crippen LogP contribution in [-0.4, -0.2) is 46.2 Å². The minimum absolute atomic E-state index is 0.141. The van der Waals surface area contributed by atoms with E-state index in [0.717, 1.165) is 4.90 Å². The smallest absolute Gasteiger partial charge is 0.231 e. The lowest BCUT2D eigenvalue weighted by atomic mass is 10.1. The molecule has 0 aromatic heterocycles. The highest BCUT2D eigenvalue weighted by molar-refractivity contribution is 8.00. The summed E-state index contributed by atoms with van der Waals surface area (Å²) >= 11 is 1.34. The van der Waals surface area contributed by atoms with E-state index in [0.29, 0.717) is 47.5 Å². The van der Waals surface area contributed by atoms with Crippen LogP contribution in [0.4, 0.5) is 0 Å². The van der Waals surface area contributed by atoms with Gasteiger partial charge in [-0.1, -0.05) is 0 Å². The van der Waals surface area contributed by atoms with Gasteiger partial charge in [0, 0.05) is 4.90 Å². The summed E-state index contributed by atoms with van der Waals surface area (Å²) in [6.07, 6.45) is 0. The van der Waals surface area contributed by atoms with Gasteiger partial charge >= 0.3 is 0 Å². The molecule has 0 spiro atoms. The predicted molar refractivity (Wildman–Crippen MR) is 111 cm³/mol. The van der Waals surface area contributed by atoms with E-state index in [2.05, 4.69) is 11.4 Å². The summed E-state index contributed by atoms with van der Waals surface area (Å²) in [6.45, 7) is 1.03. The highest BCUT2D eigenvalue weighted by atomic mass is 32.2. The molecule has 0 aliphatic carbocycles. The van der Waals surface area contributed by atoms with Gasteiger partial charge in [0.05, 0.1) is 33.2 Å². The van der Waals surface area contributed by atoms with Gasteiger partial charge in [-0.3, -0.25) is 4.79 Å². The molecule has 1 atom stereocenters. The normalized spacial score (nSPS) is 13.0. The molecular weight excluding hydrogens is 408 g/mol. The summed E-state index contributed by atoms with van der Waals surface area (Å²) in [7, 11) is 4.48. The first-order valence-electron chi connectivity index (χ1n) is 9.11. The van der Waals surface area contributed by atoms with Crippen LogP contribution < -0.4 is 29.0 Å². The van der Waals surface area contributed by atoms with E-state index in [9.17, 15) is 10.1 Å². The van der Waals surface area contributed by atoms with Crippen molar-refractivity contribution >= 4 is 17.7 Å². The number of benzene rings is 2. The fraction of sp³-hybridized carbons (Fsp3) is 0.333. The summed E-state index contributed by atoms with van der Waals surface area (Å²) in [4.78, 5) is 13.3. The Bertz CT molecular complexity index is 934. The molecule has 1 aliphatic rings. The zero-order valence-electron chi connectivity index (χ0n) is 16.9. The van der Waals surface area contributed by atoms with Crippen molar-refractivity contribution in [3.63, 3.8) is 0 Å². The molecule has 1 N–H and O–H groups in total. The van der Waals surface area contributed by atoms with Gasteiger partial charge in [-0.2, -0.15) is 5.26 Å². The molecule has 158 valence electrons. The molecule has 0 radical (unpaired) electrons. The molecule has 3 rings (SSSR count). The van der Waals surface area contributed by atoms with E-state index in [1.807, 2.05) is 18.2 Å². The van der Waals surface area contributed by atoms with Crippen LogP contribution in [0.25, 0.3) is 0 Å². The van der Waals surface area contributed by atoms with Crippen LogP contribution in [0.1, 0.15) is 11.6 Å². The molecule has 0 saturated heterocycles. The van der Waals surface area contributed by atoms with Gasteiger partial charge < -0.3 is 29.0 Å². The number of thioether (sulfide) groups is 1. The largest absolute Gasteiger partial charge is 0.493 e. The van der Waals surface area contributed by atoms with Gasteiger partial charge in [-0.05, 0) is 35.9 Å². The molecule has 0 saturated carbocycles.